The Morgan fingerprint density at radius 3 is 2.87 bits per heavy atom. The number of amides is 1. The van der Waals surface area contributed by atoms with E-state index in [1.807, 2.05) is 6.92 Å². The molecule has 0 aromatic carbocycles. The van der Waals surface area contributed by atoms with E-state index < -0.39 is 5.41 Å². The minimum atomic E-state index is -0.926. The van der Waals surface area contributed by atoms with Gasteiger partial charge >= 0.3 is 0 Å². The standard InChI is InChI=1S/C11H18N2O2/c1-4-9-7-15-6-5-13(9)10(14)11(2,3)8-12/h9H,4-7H2,1-3H3. The van der Waals surface area contributed by atoms with E-state index in [4.69, 9.17) is 10.00 Å². The third-order valence-electron chi connectivity index (χ3n) is 2.77. The zero-order chi connectivity index (χ0) is 11.5. The molecular weight excluding hydrogens is 192 g/mol. The Morgan fingerprint density at radius 2 is 2.33 bits per heavy atom. The van der Waals surface area contributed by atoms with Crippen LogP contribution < -0.4 is 0 Å². The van der Waals surface area contributed by atoms with E-state index in [1.54, 1.807) is 18.7 Å². The Labute approximate surface area is 90.8 Å². The fraction of sp³-hybridized carbons (Fsp3) is 0.818. The van der Waals surface area contributed by atoms with Crippen LogP contribution in [0.3, 0.4) is 0 Å². The van der Waals surface area contributed by atoms with Gasteiger partial charge in [0.15, 0.2) is 0 Å². The first-order valence-electron chi connectivity index (χ1n) is 5.33. The van der Waals surface area contributed by atoms with Crippen molar-refractivity contribution in [3.63, 3.8) is 0 Å². The van der Waals surface area contributed by atoms with Crippen LogP contribution in [-0.2, 0) is 9.53 Å². The number of hydrogen-bond donors (Lipinski definition) is 0. The van der Waals surface area contributed by atoms with Gasteiger partial charge < -0.3 is 9.64 Å². The molecule has 0 spiro atoms. The summed E-state index contributed by atoms with van der Waals surface area (Å²) >= 11 is 0. The Kier molecular flexibility index (Phi) is 3.70. The summed E-state index contributed by atoms with van der Waals surface area (Å²) in [5, 5.41) is 8.93. The molecule has 84 valence electrons. The van der Waals surface area contributed by atoms with Gasteiger partial charge in [0.1, 0.15) is 5.41 Å². The quantitative estimate of drug-likeness (QED) is 0.687. The first-order chi connectivity index (χ1) is 7.03. The zero-order valence-electron chi connectivity index (χ0n) is 9.62. The summed E-state index contributed by atoms with van der Waals surface area (Å²) in [6.07, 6.45) is 0.868. The normalized spacial score (nSPS) is 22.3. The summed E-state index contributed by atoms with van der Waals surface area (Å²) in [6, 6.07) is 2.17. The Bertz CT molecular complexity index is 281. The number of nitrogens with zero attached hydrogens (tertiary/aromatic N) is 2. The van der Waals surface area contributed by atoms with Gasteiger partial charge in [0.05, 0.1) is 25.3 Å². The molecule has 0 radical (unpaired) electrons. The fourth-order valence-corrected chi connectivity index (χ4v) is 1.67. The summed E-state index contributed by atoms with van der Waals surface area (Å²) in [7, 11) is 0. The number of rotatable bonds is 2. The minimum Gasteiger partial charge on any atom is -0.377 e. The fourth-order valence-electron chi connectivity index (χ4n) is 1.67. The zero-order valence-corrected chi connectivity index (χ0v) is 9.62. The lowest BCUT2D eigenvalue weighted by molar-refractivity contribution is -0.146. The second-order valence-electron chi connectivity index (χ2n) is 4.37. The SMILES string of the molecule is CCC1COCCN1C(=O)C(C)(C)C#N. The van der Waals surface area contributed by atoms with Gasteiger partial charge in [0.25, 0.3) is 0 Å². The molecule has 0 saturated carbocycles. The van der Waals surface area contributed by atoms with Gasteiger partial charge in [-0.3, -0.25) is 4.79 Å². The minimum absolute atomic E-state index is 0.0832. The first kappa shape index (κ1) is 12.0. The topological polar surface area (TPSA) is 53.3 Å². The third-order valence-corrected chi connectivity index (χ3v) is 2.77. The number of ether oxygens (including phenoxy) is 1. The van der Waals surface area contributed by atoms with Gasteiger partial charge in [-0.1, -0.05) is 6.92 Å². The smallest absolute Gasteiger partial charge is 0.242 e. The Balaban J connectivity index is 2.77. The van der Waals surface area contributed by atoms with Crippen LogP contribution in [0.5, 0.6) is 0 Å². The molecule has 4 nitrogen and oxygen atoms in total. The molecule has 0 aromatic heterocycles. The van der Waals surface area contributed by atoms with E-state index in [0.717, 1.165) is 6.42 Å². The summed E-state index contributed by atoms with van der Waals surface area (Å²) < 4.78 is 5.32. The van der Waals surface area contributed by atoms with E-state index in [-0.39, 0.29) is 11.9 Å². The number of hydrogen-bond acceptors (Lipinski definition) is 3. The Hall–Kier alpha value is -1.08. The van der Waals surface area contributed by atoms with Crippen LogP contribution in [0.1, 0.15) is 27.2 Å². The highest BCUT2D eigenvalue weighted by atomic mass is 16.5. The van der Waals surface area contributed by atoms with Crippen molar-refractivity contribution < 1.29 is 9.53 Å². The molecule has 15 heavy (non-hydrogen) atoms. The van der Waals surface area contributed by atoms with Crippen molar-refractivity contribution >= 4 is 5.91 Å². The molecule has 1 fully saturated rings. The van der Waals surface area contributed by atoms with E-state index in [1.165, 1.54) is 0 Å². The molecular formula is C11H18N2O2. The largest absolute Gasteiger partial charge is 0.377 e. The molecule has 1 heterocycles. The van der Waals surface area contributed by atoms with E-state index in [0.29, 0.717) is 19.8 Å². The van der Waals surface area contributed by atoms with Crippen LogP contribution in [0.25, 0.3) is 0 Å². The van der Waals surface area contributed by atoms with Crippen LogP contribution in [0.15, 0.2) is 0 Å². The highest BCUT2D eigenvalue weighted by molar-refractivity contribution is 5.85. The average molecular weight is 210 g/mol. The van der Waals surface area contributed by atoms with Gasteiger partial charge in [-0.2, -0.15) is 5.26 Å². The van der Waals surface area contributed by atoms with Crippen molar-refractivity contribution in [2.24, 2.45) is 5.41 Å². The molecule has 0 N–H and O–H groups in total. The highest BCUT2D eigenvalue weighted by Gasteiger charge is 2.36. The van der Waals surface area contributed by atoms with Crippen molar-refractivity contribution in [3.8, 4) is 6.07 Å². The molecule has 1 rings (SSSR count). The van der Waals surface area contributed by atoms with Crippen molar-refractivity contribution in [3.05, 3.63) is 0 Å². The molecule has 1 atom stereocenters. The molecule has 4 heteroatoms. The summed E-state index contributed by atoms with van der Waals surface area (Å²) in [5.74, 6) is -0.0832. The molecule has 0 bridgehead atoms. The molecule has 1 aliphatic rings. The number of nitriles is 1. The highest BCUT2D eigenvalue weighted by Crippen LogP contribution is 2.21. The molecule has 1 unspecified atom stereocenters. The summed E-state index contributed by atoms with van der Waals surface area (Å²) in [6.45, 7) is 7.12. The van der Waals surface area contributed by atoms with Crippen molar-refractivity contribution in [1.82, 2.24) is 4.90 Å². The predicted molar refractivity (Wildman–Crippen MR) is 56.0 cm³/mol. The molecule has 0 aliphatic carbocycles. The third kappa shape index (κ3) is 2.48. The summed E-state index contributed by atoms with van der Waals surface area (Å²) in [4.78, 5) is 13.9. The summed E-state index contributed by atoms with van der Waals surface area (Å²) in [5.41, 5.74) is -0.926. The van der Waals surface area contributed by atoms with Crippen LogP contribution in [0.2, 0.25) is 0 Å². The first-order valence-corrected chi connectivity index (χ1v) is 5.33. The lowest BCUT2D eigenvalue weighted by Crippen LogP contribution is -2.52. The van der Waals surface area contributed by atoms with E-state index in [9.17, 15) is 4.79 Å². The van der Waals surface area contributed by atoms with Crippen molar-refractivity contribution in [2.75, 3.05) is 19.8 Å². The van der Waals surface area contributed by atoms with E-state index >= 15 is 0 Å². The number of morpholine rings is 1. The predicted octanol–water partition coefficient (Wildman–Crippen LogP) is 1.17. The molecule has 1 amide bonds. The van der Waals surface area contributed by atoms with Gasteiger partial charge in [-0.05, 0) is 20.3 Å². The van der Waals surface area contributed by atoms with Crippen molar-refractivity contribution in [2.45, 2.75) is 33.2 Å². The van der Waals surface area contributed by atoms with Crippen LogP contribution in [0.4, 0.5) is 0 Å². The van der Waals surface area contributed by atoms with Gasteiger partial charge in [0, 0.05) is 6.54 Å². The second kappa shape index (κ2) is 4.63. The van der Waals surface area contributed by atoms with Gasteiger partial charge in [-0.25, -0.2) is 0 Å². The lowest BCUT2D eigenvalue weighted by atomic mass is 9.92. The lowest BCUT2D eigenvalue weighted by Gasteiger charge is -2.37. The molecule has 1 aliphatic heterocycles. The van der Waals surface area contributed by atoms with Crippen LogP contribution >= 0.6 is 0 Å². The monoisotopic (exact) mass is 210 g/mol. The van der Waals surface area contributed by atoms with E-state index in [2.05, 4.69) is 6.07 Å². The number of carbonyl (C=O) groups excluding carboxylic acids is 1. The molecule has 0 aromatic rings. The maximum atomic E-state index is 12.1. The second-order valence-corrected chi connectivity index (χ2v) is 4.37. The van der Waals surface area contributed by atoms with Crippen LogP contribution in [0, 0.1) is 16.7 Å². The maximum absolute atomic E-state index is 12.1. The number of carbonyl (C=O) groups is 1. The Morgan fingerprint density at radius 1 is 1.67 bits per heavy atom. The van der Waals surface area contributed by atoms with Crippen molar-refractivity contribution in [1.29, 1.82) is 5.26 Å². The molecule has 1 saturated heterocycles. The van der Waals surface area contributed by atoms with Gasteiger partial charge in [-0.15, -0.1) is 0 Å². The maximum Gasteiger partial charge on any atom is 0.242 e. The van der Waals surface area contributed by atoms with Crippen LogP contribution in [-0.4, -0.2) is 36.6 Å². The average Bonchev–Trinajstić information content (AvgIpc) is 2.28. The van der Waals surface area contributed by atoms with Gasteiger partial charge in [0.2, 0.25) is 5.91 Å².